The van der Waals surface area contributed by atoms with E-state index in [9.17, 15) is 4.39 Å². The van der Waals surface area contributed by atoms with Crippen LogP contribution in [-0.4, -0.2) is 61.3 Å². The summed E-state index contributed by atoms with van der Waals surface area (Å²) in [6.07, 6.45) is 7.67. The second-order valence-electron chi connectivity index (χ2n) is 11.7. The fraction of sp³-hybridized carbons (Fsp3) is 0.189. The first-order valence-electron chi connectivity index (χ1n) is 15.8. The Labute approximate surface area is 270 Å². The van der Waals surface area contributed by atoms with E-state index in [2.05, 4.69) is 36.1 Å². The molecule has 0 unspecified atom stereocenters. The minimum atomic E-state index is -0.366. The molecular formula is C37H32FN7O2. The maximum absolute atomic E-state index is 14.8. The van der Waals surface area contributed by atoms with Crippen LogP contribution in [0.5, 0.6) is 11.5 Å². The van der Waals surface area contributed by atoms with Gasteiger partial charge in [0, 0.05) is 41.5 Å². The van der Waals surface area contributed by atoms with Crippen molar-refractivity contribution in [1.82, 2.24) is 35.0 Å². The van der Waals surface area contributed by atoms with Crippen LogP contribution in [0.1, 0.15) is 18.4 Å². The summed E-state index contributed by atoms with van der Waals surface area (Å²) in [5, 5.41) is 8.61. The van der Waals surface area contributed by atoms with Crippen molar-refractivity contribution in [1.29, 1.82) is 0 Å². The molecule has 0 amide bonds. The lowest BCUT2D eigenvalue weighted by molar-refractivity contribution is 0.237. The molecule has 0 aliphatic carbocycles. The van der Waals surface area contributed by atoms with Gasteiger partial charge in [0.2, 0.25) is 0 Å². The number of aromatic amines is 2. The van der Waals surface area contributed by atoms with Crippen molar-refractivity contribution in [2.24, 2.45) is 0 Å². The molecule has 8 rings (SSSR count). The van der Waals surface area contributed by atoms with E-state index in [1.54, 1.807) is 12.4 Å². The van der Waals surface area contributed by atoms with Crippen LogP contribution < -0.4 is 9.47 Å². The molecule has 0 saturated carbocycles. The molecule has 0 radical (unpaired) electrons. The van der Waals surface area contributed by atoms with E-state index in [4.69, 9.17) is 14.5 Å². The Kier molecular flexibility index (Phi) is 7.76. The normalized spacial score (nSPS) is 13.5. The van der Waals surface area contributed by atoms with Crippen molar-refractivity contribution in [3.05, 3.63) is 109 Å². The van der Waals surface area contributed by atoms with E-state index in [1.165, 1.54) is 25.0 Å². The number of pyridine rings is 2. The van der Waals surface area contributed by atoms with Crippen molar-refractivity contribution in [2.75, 3.05) is 26.2 Å². The molecule has 7 aromatic rings. The zero-order chi connectivity index (χ0) is 31.6. The van der Waals surface area contributed by atoms with E-state index in [0.29, 0.717) is 53.0 Å². The van der Waals surface area contributed by atoms with Crippen LogP contribution in [0.25, 0.3) is 55.8 Å². The number of nitrogens with one attached hydrogen (secondary N) is 2. The lowest BCUT2D eigenvalue weighted by Crippen LogP contribution is -2.25. The highest BCUT2D eigenvalue weighted by atomic mass is 19.1. The highest BCUT2D eigenvalue weighted by Crippen LogP contribution is 2.34. The number of benzene rings is 3. The number of aromatic nitrogens is 6. The molecule has 1 saturated heterocycles. The number of halogens is 1. The van der Waals surface area contributed by atoms with Gasteiger partial charge in [-0.3, -0.25) is 15.0 Å². The number of fused-ring (bicyclic) bond motifs is 2. The van der Waals surface area contributed by atoms with E-state index in [1.807, 2.05) is 66.9 Å². The van der Waals surface area contributed by atoms with Gasteiger partial charge in [0.15, 0.2) is 11.5 Å². The summed E-state index contributed by atoms with van der Waals surface area (Å²) in [7, 11) is 0. The molecule has 234 valence electrons. The van der Waals surface area contributed by atoms with Crippen LogP contribution in [0.3, 0.4) is 0 Å². The molecule has 9 nitrogen and oxygen atoms in total. The molecular weight excluding hydrogens is 593 g/mol. The third-order valence-corrected chi connectivity index (χ3v) is 8.52. The third-order valence-electron chi connectivity index (χ3n) is 8.52. The van der Waals surface area contributed by atoms with Crippen LogP contribution in [0, 0.1) is 5.82 Å². The quantitative estimate of drug-likeness (QED) is 0.163. The van der Waals surface area contributed by atoms with Crippen LogP contribution in [0.15, 0.2) is 97.5 Å². The summed E-state index contributed by atoms with van der Waals surface area (Å²) in [5.74, 6) is 1.37. The average Bonchev–Trinajstić information content (AvgIpc) is 3.87. The van der Waals surface area contributed by atoms with Gasteiger partial charge in [0.25, 0.3) is 0 Å². The summed E-state index contributed by atoms with van der Waals surface area (Å²) in [4.78, 5) is 19.6. The zero-order valence-corrected chi connectivity index (χ0v) is 25.6. The number of imidazole rings is 1. The largest absolute Gasteiger partial charge is 0.492 e. The summed E-state index contributed by atoms with van der Waals surface area (Å²) in [5.41, 5.74) is 7.11. The molecule has 4 aromatic heterocycles. The fourth-order valence-corrected chi connectivity index (χ4v) is 6.13. The Morgan fingerprint density at radius 2 is 1.70 bits per heavy atom. The van der Waals surface area contributed by atoms with Gasteiger partial charge in [0.1, 0.15) is 41.7 Å². The Morgan fingerprint density at radius 3 is 2.60 bits per heavy atom. The van der Waals surface area contributed by atoms with Gasteiger partial charge < -0.3 is 14.5 Å². The van der Waals surface area contributed by atoms with Gasteiger partial charge in [0.05, 0.1) is 11.7 Å². The van der Waals surface area contributed by atoms with E-state index in [0.717, 1.165) is 52.8 Å². The molecule has 5 heterocycles. The molecule has 2 N–H and O–H groups in total. The predicted molar refractivity (Wildman–Crippen MR) is 180 cm³/mol. The maximum Gasteiger partial charge on any atom is 0.160 e. The first kappa shape index (κ1) is 28.8. The molecule has 47 heavy (non-hydrogen) atoms. The Balaban J connectivity index is 1.08. The van der Waals surface area contributed by atoms with Gasteiger partial charge in [-0.25, -0.2) is 14.4 Å². The van der Waals surface area contributed by atoms with Crippen molar-refractivity contribution in [2.45, 2.75) is 19.4 Å². The van der Waals surface area contributed by atoms with E-state index in [-0.39, 0.29) is 5.82 Å². The van der Waals surface area contributed by atoms with Crippen molar-refractivity contribution < 1.29 is 13.9 Å². The second-order valence-corrected chi connectivity index (χ2v) is 11.7. The number of likely N-dealkylation sites (tertiary alicyclic amines) is 1. The predicted octanol–water partition coefficient (Wildman–Crippen LogP) is 7.42. The fourth-order valence-electron chi connectivity index (χ4n) is 6.13. The first-order chi connectivity index (χ1) is 23.2. The summed E-state index contributed by atoms with van der Waals surface area (Å²) in [6, 6.07) is 24.7. The number of H-pyrrole nitrogens is 2. The van der Waals surface area contributed by atoms with Crippen LogP contribution in [0.4, 0.5) is 4.39 Å². The van der Waals surface area contributed by atoms with Gasteiger partial charge in [-0.2, -0.15) is 5.10 Å². The lowest BCUT2D eigenvalue weighted by atomic mass is 10.0. The van der Waals surface area contributed by atoms with Crippen LogP contribution >= 0.6 is 0 Å². The van der Waals surface area contributed by atoms with Crippen LogP contribution in [-0.2, 0) is 6.61 Å². The average molecular weight is 626 g/mol. The third kappa shape index (κ3) is 6.15. The van der Waals surface area contributed by atoms with Gasteiger partial charge in [-0.1, -0.05) is 36.4 Å². The van der Waals surface area contributed by atoms with E-state index < -0.39 is 0 Å². The van der Waals surface area contributed by atoms with E-state index >= 15 is 0 Å². The molecule has 1 aliphatic heterocycles. The number of hydrogen-bond donors (Lipinski definition) is 2. The number of hydrogen-bond acceptors (Lipinski definition) is 7. The summed E-state index contributed by atoms with van der Waals surface area (Å²) in [6.45, 7) is 3.99. The van der Waals surface area contributed by atoms with Crippen molar-refractivity contribution >= 4 is 22.1 Å². The van der Waals surface area contributed by atoms with Crippen LogP contribution in [0.2, 0.25) is 0 Å². The maximum atomic E-state index is 14.8. The zero-order valence-electron chi connectivity index (χ0n) is 25.6. The Bertz CT molecular complexity index is 2170. The highest BCUT2D eigenvalue weighted by Gasteiger charge is 2.18. The SMILES string of the molecule is Fc1cc(OCCN2CCCC2)cc(-c2ccnc3[nH]c(-c4n[nH]c5ccc(-c6cncc(OCc7ccccc7)c6)cc45)nc23)c1. The van der Waals surface area contributed by atoms with Gasteiger partial charge in [-0.05, 0) is 79.0 Å². The number of ether oxygens (including phenoxy) is 2. The molecule has 0 spiro atoms. The lowest BCUT2D eigenvalue weighted by Gasteiger charge is -2.15. The standard InChI is InChI=1S/C37H32FN7O2/c38-28-16-26(17-29(20-28)46-15-14-45-12-4-5-13-45)31-10-11-40-36-34(31)41-37(42-36)35-32-19-25(8-9-33(32)43-44-35)27-18-30(22-39-21-27)47-23-24-6-2-1-3-7-24/h1-3,6-11,16-22H,4-5,12-15,23H2,(H,43,44)(H,40,41,42). The van der Waals surface area contributed by atoms with Gasteiger partial charge in [-0.15, -0.1) is 0 Å². The molecule has 0 atom stereocenters. The number of nitrogens with zero attached hydrogens (tertiary/aromatic N) is 5. The Hall–Kier alpha value is -5.61. The second kappa shape index (κ2) is 12.6. The Morgan fingerprint density at radius 1 is 0.830 bits per heavy atom. The highest BCUT2D eigenvalue weighted by molar-refractivity contribution is 5.97. The molecule has 1 fully saturated rings. The molecule has 10 heteroatoms. The molecule has 3 aromatic carbocycles. The summed E-state index contributed by atoms with van der Waals surface area (Å²) >= 11 is 0. The minimum absolute atomic E-state index is 0.366. The van der Waals surface area contributed by atoms with Crippen molar-refractivity contribution in [3.8, 4) is 45.3 Å². The van der Waals surface area contributed by atoms with Crippen molar-refractivity contribution in [3.63, 3.8) is 0 Å². The number of rotatable bonds is 10. The molecule has 1 aliphatic rings. The summed E-state index contributed by atoms with van der Waals surface area (Å²) < 4.78 is 26.8. The molecule has 0 bridgehead atoms. The smallest absolute Gasteiger partial charge is 0.160 e. The monoisotopic (exact) mass is 625 g/mol. The minimum Gasteiger partial charge on any atom is -0.492 e. The first-order valence-corrected chi connectivity index (χ1v) is 15.8. The van der Waals surface area contributed by atoms with Gasteiger partial charge >= 0.3 is 0 Å². The topological polar surface area (TPSA) is 105 Å².